The van der Waals surface area contributed by atoms with E-state index >= 15 is 0 Å². The Labute approximate surface area is 190 Å². The second-order valence-corrected chi connectivity index (χ2v) is 9.19. The van der Waals surface area contributed by atoms with Crippen LogP contribution in [-0.4, -0.2) is 9.13 Å². The van der Waals surface area contributed by atoms with Gasteiger partial charge in [-0.05, 0) is 60.7 Å². The minimum absolute atomic E-state index is 1.08. The molecule has 6 rings (SSSR count). The van der Waals surface area contributed by atoms with Gasteiger partial charge in [-0.15, -0.1) is 0 Å². The van der Waals surface area contributed by atoms with Gasteiger partial charge in [0.15, 0.2) is 0 Å². The maximum Gasteiger partial charge on any atom is 0.131 e. The van der Waals surface area contributed by atoms with E-state index in [1.807, 2.05) is 0 Å². The standard InChI is InChI=1S/C26H16Br2N2/c27-17-11-13-23-21(15-17)25-22-16-18(28)12-14-24(22)30(20-9-5-2-6-10-20)26(25)29(23)19-7-3-1-4-8-19/h1-16H. The number of rotatable bonds is 2. The first-order valence-corrected chi connectivity index (χ1v) is 11.4. The smallest absolute Gasteiger partial charge is 0.131 e. The van der Waals surface area contributed by atoms with Crippen molar-refractivity contribution in [1.82, 2.24) is 9.13 Å². The molecule has 0 atom stereocenters. The first-order chi connectivity index (χ1) is 14.7. The van der Waals surface area contributed by atoms with Crippen molar-refractivity contribution in [3.8, 4) is 11.4 Å². The summed E-state index contributed by atoms with van der Waals surface area (Å²) in [6, 6.07) is 34.3. The first-order valence-electron chi connectivity index (χ1n) is 9.77. The van der Waals surface area contributed by atoms with Crippen molar-refractivity contribution in [1.29, 1.82) is 0 Å². The first kappa shape index (κ1) is 18.0. The van der Waals surface area contributed by atoms with Crippen molar-refractivity contribution < 1.29 is 0 Å². The van der Waals surface area contributed by atoms with Crippen LogP contribution in [0.3, 0.4) is 0 Å². The molecule has 0 radical (unpaired) electrons. The second-order valence-electron chi connectivity index (χ2n) is 7.36. The summed E-state index contributed by atoms with van der Waals surface area (Å²) in [4.78, 5) is 0. The number of hydrogen-bond donors (Lipinski definition) is 0. The molecule has 4 heteroatoms. The number of benzene rings is 4. The Bertz CT molecular complexity index is 1430. The van der Waals surface area contributed by atoms with E-state index in [0.717, 1.165) is 20.3 Å². The molecule has 0 N–H and O–H groups in total. The van der Waals surface area contributed by atoms with Gasteiger partial charge < -0.3 is 0 Å². The Morgan fingerprint density at radius 1 is 0.500 bits per heavy atom. The lowest BCUT2D eigenvalue weighted by atomic mass is 10.1. The SMILES string of the molecule is Brc1ccc2c(c1)c1c3cc(Br)ccc3n(-c3ccccc3)c1n2-c1ccccc1. The van der Waals surface area contributed by atoms with E-state index in [4.69, 9.17) is 0 Å². The fourth-order valence-electron chi connectivity index (χ4n) is 4.42. The minimum atomic E-state index is 1.08. The zero-order valence-corrected chi connectivity index (χ0v) is 19.1. The van der Waals surface area contributed by atoms with E-state index in [0.29, 0.717) is 0 Å². The summed E-state index contributed by atoms with van der Waals surface area (Å²) in [6.45, 7) is 0. The summed E-state index contributed by atoms with van der Waals surface area (Å²) in [5, 5.41) is 3.73. The van der Waals surface area contributed by atoms with Crippen molar-refractivity contribution in [3.05, 3.63) is 106 Å². The number of halogens is 2. The number of fused-ring (bicyclic) bond motifs is 5. The molecule has 0 spiro atoms. The summed E-state index contributed by atoms with van der Waals surface area (Å²) in [5.41, 5.74) is 5.87. The normalized spacial score (nSPS) is 11.7. The Kier molecular flexibility index (Phi) is 4.12. The molecule has 0 fully saturated rings. The minimum Gasteiger partial charge on any atom is -0.295 e. The molecule has 2 nitrogen and oxygen atoms in total. The van der Waals surface area contributed by atoms with Crippen LogP contribution in [0.5, 0.6) is 0 Å². The average Bonchev–Trinajstić information content (AvgIpc) is 3.27. The van der Waals surface area contributed by atoms with E-state index in [2.05, 4.69) is 138 Å². The zero-order chi connectivity index (χ0) is 20.2. The fraction of sp³-hybridized carbons (Fsp3) is 0. The highest BCUT2D eigenvalue weighted by Gasteiger charge is 2.22. The third-order valence-electron chi connectivity index (χ3n) is 5.61. The predicted octanol–water partition coefficient (Wildman–Crippen LogP) is 8.25. The highest BCUT2D eigenvalue weighted by atomic mass is 79.9. The van der Waals surface area contributed by atoms with Crippen LogP contribution in [0.1, 0.15) is 0 Å². The summed E-state index contributed by atoms with van der Waals surface area (Å²) >= 11 is 7.38. The molecule has 0 aliphatic heterocycles. The van der Waals surface area contributed by atoms with Gasteiger partial charge in [0.1, 0.15) is 5.65 Å². The molecular formula is C26H16Br2N2. The Morgan fingerprint density at radius 3 is 1.37 bits per heavy atom. The molecule has 2 heterocycles. The number of nitrogens with zero attached hydrogens (tertiary/aromatic N) is 2. The molecular weight excluding hydrogens is 500 g/mol. The lowest BCUT2D eigenvalue weighted by molar-refractivity contribution is 1.07. The van der Waals surface area contributed by atoms with Gasteiger partial charge in [-0.3, -0.25) is 9.13 Å². The Morgan fingerprint density at radius 2 is 0.933 bits per heavy atom. The van der Waals surface area contributed by atoms with Gasteiger partial charge in [-0.1, -0.05) is 68.3 Å². The summed E-state index contributed by atoms with van der Waals surface area (Å²) in [7, 11) is 0. The largest absolute Gasteiger partial charge is 0.295 e. The van der Waals surface area contributed by atoms with E-state index in [1.54, 1.807) is 0 Å². The number of para-hydroxylation sites is 2. The quantitative estimate of drug-likeness (QED) is 0.219. The zero-order valence-electron chi connectivity index (χ0n) is 15.9. The van der Waals surface area contributed by atoms with Gasteiger partial charge in [0, 0.05) is 36.5 Å². The van der Waals surface area contributed by atoms with Gasteiger partial charge in [0.05, 0.1) is 11.0 Å². The second kappa shape index (κ2) is 6.86. The van der Waals surface area contributed by atoms with Crippen molar-refractivity contribution in [2.45, 2.75) is 0 Å². The molecule has 4 aromatic carbocycles. The third-order valence-corrected chi connectivity index (χ3v) is 6.60. The molecule has 0 saturated heterocycles. The molecule has 0 amide bonds. The highest BCUT2D eigenvalue weighted by molar-refractivity contribution is 9.10. The van der Waals surface area contributed by atoms with Gasteiger partial charge >= 0.3 is 0 Å². The molecule has 144 valence electrons. The molecule has 0 bridgehead atoms. The lowest BCUT2D eigenvalue weighted by Gasteiger charge is -2.13. The molecule has 0 aliphatic carbocycles. The Hall–Kier alpha value is -2.82. The monoisotopic (exact) mass is 514 g/mol. The van der Waals surface area contributed by atoms with Crippen LogP contribution in [0.4, 0.5) is 0 Å². The summed E-state index contributed by atoms with van der Waals surface area (Å²) in [5.74, 6) is 0. The van der Waals surface area contributed by atoms with E-state index in [1.165, 1.54) is 32.8 Å². The lowest BCUT2D eigenvalue weighted by Crippen LogP contribution is -2.01. The van der Waals surface area contributed by atoms with E-state index in [-0.39, 0.29) is 0 Å². The molecule has 30 heavy (non-hydrogen) atoms. The van der Waals surface area contributed by atoms with Crippen LogP contribution in [0, 0.1) is 0 Å². The fourth-order valence-corrected chi connectivity index (χ4v) is 5.14. The summed E-state index contributed by atoms with van der Waals surface area (Å²) < 4.78 is 6.91. The van der Waals surface area contributed by atoms with Crippen molar-refractivity contribution in [2.75, 3.05) is 0 Å². The van der Waals surface area contributed by atoms with Crippen LogP contribution in [0.25, 0.3) is 44.2 Å². The summed E-state index contributed by atoms with van der Waals surface area (Å²) in [6.07, 6.45) is 0. The molecule has 2 aromatic heterocycles. The highest BCUT2D eigenvalue weighted by Crippen LogP contribution is 2.42. The van der Waals surface area contributed by atoms with Gasteiger partial charge in [-0.25, -0.2) is 0 Å². The van der Waals surface area contributed by atoms with E-state index in [9.17, 15) is 0 Å². The molecule has 0 aliphatic rings. The van der Waals surface area contributed by atoms with Crippen LogP contribution in [0.2, 0.25) is 0 Å². The predicted molar refractivity (Wildman–Crippen MR) is 133 cm³/mol. The van der Waals surface area contributed by atoms with Gasteiger partial charge in [-0.2, -0.15) is 0 Å². The molecule has 6 aromatic rings. The van der Waals surface area contributed by atoms with Gasteiger partial charge in [0.2, 0.25) is 0 Å². The van der Waals surface area contributed by atoms with Crippen LogP contribution in [-0.2, 0) is 0 Å². The van der Waals surface area contributed by atoms with Crippen molar-refractivity contribution >= 4 is 64.7 Å². The number of hydrogen-bond acceptors (Lipinski definition) is 0. The maximum absolute atomic E-state index is 3.69. The van der Waals surface area contributed by atoms with Gasteiger partial charge in [0.25, 0.3) is 0 Å². The third kappa shape index (κ3) is 2.60. The number of aromatic nitrogens is 2. The van der Waals surface area contributed by atoms with Crippen LogP contribution >= 0.6 is 31.9 Å². The molecule has 0 saturated carbocycles. The Balaban J connectivity index is 1.93. The van der Waals surface area contributed by atoms with Crippen molar-refractivity contribution in [3.63, 3.8) is 0 Å². The average molecular weight is 516 g/mol. The molecule has 0 unspecified atom stereocenters. The van der Waals surface area contributed by atoms with Crippen molar-refractivity contribution in [2.24, 2.45) is 0 Å². The van der Waals surface area contributed by atoms with E-state index < -0.39 is 0 Å². The van der Waals surface area contributed by atoms with Crippen LogP contribution < -0.4 is 0 Å². The topological polar surface area (TPSA) is 9.86 Å². The maximum atomic E-state index is 3.69. The van der Waals surface area contributed by atoms with Crippen LogP contribution in [0.15, 0.2) is 106 Å².